The first-order chi connectivity index (χ1) is 13.3. The van der Waals surface area contributed by atoms with Crippen LogP contribution >= 0.6 is 0 Å². The molecule has 27 heavy (non-hydrogen) atoms. The smallest absolute Gasteiger partial charge is 0.154 e. The molecule has 0 aromatic rings. The molecule has 0 saturated heterocycles. The summed E-state index contributed by atoms with van der Waals surface area (Å²) in [5.74, 6) is 0. The third kappa shape index (κ3) is 23.8. The lowest BCUT2D eigenvalue weighted by Gasteiger charge is -2.10. The Morgan fingerprint density at radius 3 is 1.30 bits per heavy atom. The molecule has 1 atom stereocenters. The molecule has 2 N–H and O–H groups in total. The van der Waals surface area contributed by atoms with Crippen LogP contribution in [0.3, 0.4) is 0 Å². The van der Waals surface area contributed by atoms with Crippen molar-refractivity contribution in [2.45, 2.75) is 142 Å². The van der Waals surface area contributed by atoms with Crippen LogP contribution in [0.5, 0.6) is 0 Å². The Bertz CT molecular complexity index is 258. The van der Waals surface area contributed by atoms with Crippen molar-refractivity contribution in [3.8, 4) is 0 Å². The zero-order valence-corrected chi connectivity index (χ0v) is 18.4. The van der Waals surface area contributed by atoms with Crippen molar-refractivity contribution in [1.82, 2.24) is 0 Å². The van der Waals surface area contributed by atoms with E-state index in [-0.39, 0.29) is 6.61 Å². The SMILES string of the molecule is CCCCCCCCCCCCCCCCCCCCOC(O)CCCO. The maximum Gasteiger partial charge on any atom is 0.154 e. The Balaban J connectivity index is 3.03. The lowest BCUT2D eigenvalue weighted by molar-refractivity contribution is -0.106. The van der Waals surface area contributed by atoms with Gasteiger partial charge in [-0.15, -0.1) is 0 Å². The lowest BCUT2D eigenvalue weighted by Crippen LogP contribution is -2.13. The zero-order valence-electron chi connectivity index (χ0n) is 18.4. The van der Waals surface area contributed by atoms with E-state index in [1.165, 1.54) is 109 Å². The average Bonchev–Trinajstić information content (AvgIpc) is 2.68. The maximum atomic E-state index is 9.49. The van der Waals surface area contributed by atoms with Gasteiger partial charge in [0.15, 0.2) is 6.29 Å². The van der Waals surface area contributed by atoms with E-state index < -0.39 is 6.29 Å². The highest BCUT2D eigenvalue weighted by Crippen LogP contribution is 2.14. The van der Waals surface area contributed by atoms with Crippen molar-refractivity contribution in [1.29, 1.82) is 0 Å². The van der Waals surface area contributed by atoms with Crippen molar-refractivity contribution in [2.24, 2.45) is 0 Å². The molecule has 0 aromatic heterocycles. The summed E-state index contributed by atoms with van der Waals surface area (Å²) >= 11 is 0. The molecule has 0 bridgehead atoms. The minimum atomic E-state index is -0.692. The summed E-state index contributed by atoms with van der Waals surface area (Å²) in [5, 5.41) is 18.2. The molecule has 0 amide bonds. The molecule has 0 aromatic carbocycles. The van der Waals surface area contributed by atoms with Gasteiger partial charge in [-0.3, -0.25) is 0 Å². The second-order valence-corrected chi connectivity index (χ2v) is 8.20. The molecule has 0 radical (unpaired) electrons. The van der Waals surface area contributed by atoms with Gasteiger partial charge in [-0.2, -0.15) is 0 Å². The van der Waals surface area contributed by atoms with E-state index >= 15 is 0 Å². The summed E-state index contributed by atoms with van der Waals surface area (Å²) in [5.41, 5.74) is 0. The number of hydrogen-bond acceptors (Lipinski definition) is 3. The molecule has 3 nitrogen and oxygen atoms in total. The van der Waals surface area contributed by atoms with Gasteiger partial charge in [0.25, 0.3) is 0 Å². The second kappa shape index (κ2) is 23.9. The first kappa shape index (κ1) is 26.9. The number of hydrogen-bond donors (Lipinski definition) is 2. The molecular weight excluding hydrogens is 336 g/mol. The van der Waals surface area contributed by atoms with E-state index in [4.69, 9.17) is 9.84 Å². The minimum Gasteiger partial charge on any atom is -0.396 e. The molecule has 0 rings (SSSR count). The molecular formula is C24H50O3. The molecule has 164 valence electrons. The monoisotopic (exact) mass is 386 g/mol. The Morgan fingerprint density at radius 1 is 0.556 bits per heavy atom. The largest absolute Gasteiger partial charge is 0.396 e. The van der Waals surface area contributed by atoms with Gasteiger partial charge in [0.1, 0.15) is 0 Å². The topological polar surface area (TPSA) is 49.7 Å². The predicted molar refractivity (Wildman–Crippen MR) is 117 cm³/mol. The molecule has 3 heteroatoms. The summed E-state index contributed by atoms with van der Waals surface area (Å²) in [6, 6.07) is 0. The number of unbranched alkanes of at least 4 members (excludes halogenated alkanes) is 17. The highest BCUT2D eigenvalue weighted by atomic mass is 16.6. The summed E-state index contributed by atoms with van der Waals surface area (Å²) in [7, 11) is 0. The van der Waals surface area contributed by atoms with Gasteiger partial charge in [0.05, 0.1) is 0 Å². The van der Waals surface area contributed by atoms with E-state index in [0.717, 1.165) is 6.42 Å². The van der Waals surface area contributed by atoms with Crippen molar-refractivity contribution < 1.29 is 14.9 Å². The number of rotatable bonds is 23. The summed E-state index contributed by atoms with van der Waals surface area (Å²) < 4.78 is 5.32. The van der Waals surface area contributed by atoms with Gasteiger partial charge in [0, 0.05) is 19.6 Å². The first-order valence-electron chi connectivity index (χ1n) is 12.2. The highest BCUT2D eigenvalue weighted by molar-refractivity contribution is 4.51. The van der Waals surface area contributed by atoms with E-state index in [0.29, 0.717) is 19.4 Å². The third-order valence-corrected chi connectivity index (χ3v) is 5.42. The van der Waals surface area contributed by atoms with Crippen LogP contribution in [0.15, 0.2) is 0 Å². The van der Waals surface area contributed by atoms with Crippen LogP contribution < -0.4 is 0 Å². The quantitative estimate of drug-likeness (QED) is 0.145. The van der Waals surface area contributed by atoms with Crippen LogP contribution in [0.1, 0.15) is 135 Å². The molecule has 0 spiro atoms. The Morgan fingerprint density at radius 2 is 0.926 bits per heavy atom. The van der Waals surface area contributed by atoms with Crippen molar-refractivity contribution >= 4 is 0 Å². The Kier molecular flexibility index (Phi) is 23.8. The van der Waals surface area contributed by atoms with Gasteiger partial charge in [-0.25, -0.2) is 0 Å². The van der Waals surface area contributed by atoms with Crippen LogP contribution in [0.4, 0.5) is 0 Å². The fourth-order valence-electron chi connectivity index (χ4n) is 3.57. The number of aliphatic hydroxyl groups excluding tert-OH is 2. The fraction of sp³-hybridized carbons (Fsp3) is 1.00. The number of ether oxygens (including phenoxy) is 1. The van der Waals surface area contributed by atoms with Crippen LogP contribution in [-0.4, -0.2) is 29.7 Å². The maximum absolute atomic E-state index is 9.49. The number of aliphatic hydroxyl groups is 2. The molecule has 0 aliphatic carbocycles. The Labute approximate surface area is 170 Å². The summed E-state index contributed by atoms with van der Waals surface area (Å²) in [6.45, 7) is 3.05. The van der Waals surface area contributed by atoms with Crippen LogP contribution in [-0.2, 0) is 4.74 Å². The van der Waals surface area contributed by atoms with Crippen molar-refractivity contribution in [3.63, 3.8) is 0 Å². The summed E-state index contributed by atoms with van der Waals surface area (Å²) in [4.78, 5) is 0. The standard InChI is InChI=1S/C24H50O3/c1-2-3-4-5-6-7-8-9-10-11-12-13-14-15-16-17-18-19-23-27-24(26)21-20-22-25/h24-26H,2-23H2,1H3. The third-order valence-electron chi connectivity index (χ3n) is 5.42. The van der Waals surface area contributed by atoms with E-state index in [1.54, 1.807) is 0 Å². The molecule has 0 heterocycles. The van der Waals surface area contributed by atoms with Crippen molar-refractivity contribution in [2.75, 3.05) is 13.2 Å². The van der Waals surface area contributed by atoms with Gasteiger partial charge in [-0.05, 0) is 12.8 Å². The van der Waals surface area contributed by atoms with Crippen LogP contribution in [0.2, 0.25) is 0 Å². The van der Waals surface area contributed by atoms with E-state index in [1.807, 2.05) is 0 Å². The minimum absolute atomic E-state index is 0.125. The zero-order chi connectivity index (χ0) is 19.8. The summed E-state index contributed by atoms with van der Waals surface area (Å²) in [6.07, 6.45) is 25.3. The van der Waals surface area contributed by atoms with Crippen LogP contribution in [0, 0.1) is 0 Å². The van der Waals surface area contributed by atoms with Crippen LogP contribution in [0.25, 0.3) is 0 Å². The molecule has 0 aliphatic heterocycles. The highest BCUT2D eigenvalue weighted by Gasteiger charge is 2.02. The molecule has 0 aliphatic rings. The molecule has 0 fully saturated rings. The molecule has 1 unspecified atom stereocenters. The normalized spacial score (nSPS) is 12.6. The van der Waals surface area contributed by atoms with Crippen molar-refractivity contribution in [3.05, 3.63) is 0 Å². The average molecular weight is 387 g/mol. The molecule has 0 saturated carbocycles. The lowest BCUT2D eigenvalue weighted by atomic mass is 10.0. The Hall–Kier alpha value is -0.120. The van der Waals surface area contributed by atoms with E-state index in [2.05, 4.69) is 6.92 Å². The fourth-order valence-corrected chi connectivity index (χ4v) is 3.57. The predicted octanol–water partition coefficient (Wildman–Crippen LogP) is 7.14. The van der Waals surface area contributed by atoms with Gasteiger partial charge < -0.3 is 14.9 Å². The van der Waals surface area contributed by atoms with Gasteiger partial charge in [0.2, 0.25) is 0 Å². The van der Waals surface area contributed by atoms with E-state index in [9.17, 15) is 5.11 Å². The second-order valence-electron chi connectivity index (χ2n) is 8.20. The van der Waals surface area contributed by atoms with Gasteiger partial charge in [-0.1, -0.05) is 116 Å². The first-order valence-corrected chi connectivity index (χ1v) is 12.2. The van der Waals surface area contributed by atoms with Gasteiger partial charge >= 0.3 is 0 Å².